The molecule has 3 aliphatic heterocycles. The topological polar surface area (TPSA) is 142 Å². The van der Waals surface area contributed by atoms with Crippen LogP contribution in [0, 0.1) is 5.92 Å². The third kappa shape index (κ3) is 5.93. The van der Waals surface area contributed by atoms with Gasteiger partial charge in [0.15, 0.2) is 28.8 Å². The van der Waals surface area contributed by atoms with E-state index in [9.17, 15) is 19.5 Å². The molecule has 4 aliphatic rings. The maximum Gasteiger partial charge on any atom is 0.231 e. The fourth-order valence-electron chi connectivity index (χ4n) is 7.99. The van der Waals surface area contributed by atoms with Crippen LogP contribution in [0.25, 0.3) is 0 Å². The molecule has 0 saturated carbocycles. The van der Waals surface area contributed by atoms with Crippen LogP contribution in [-0.4, -0.2) is 81.1 Å². The Hall–Kier alpha value is -4.59. The minimum absolute atomic E-state index is 0.00803. The van der Waals surface area contributed by atoms with E-state index >= 15 is 0 Å². The zero-order chi connectivity index (χ0) is 37.8. The highest BCUT2D eigenvalue weighted by atomic mass is 35.5. The number of Topliss-reactive ketones (excluding diaryl/α,β-unsaturated/α-hetero) is 2. The lowest BCUT2D eigenvalue weighted by Crippen LogP contribution is -2.53. The summed E-state index contributed by atoms with van der Waals surface area (Å²) in [4.78, 5) is 45.7. The van der Waals surface area contributed by atoms with Gasteiger partial charge in [0.25, 0.3) is 0 Å². The van der Waals surface area contributed by atoms with Crippen LogP contribution >= 0.6 is 23.4 Å². The summed E-state index contributed by atoms with van der Waals surface area (Å²) >= 11 is 8.20. The van der Waals surface area contributed by atoms with Crippen molar-refractivity contribution in [3.63, 3.8) is 0 Å². The first kappa shape index (κ1) is 36.8. The number of hydrogen-bond acceptors (Lipinski definition) is 12. The van der Waals surface area contributed by atoms with Gasteiger partial charge < -0.3 is 43.7 Å². The number of aliphatic hydroxyl groups excluding tert-OH is 1. The molecule has 3 aromatic rings. The van der Waals surface area contributed by atoms with E-state index in [-0.39, 0.29) is 65.5 Å². The van der Waals surface area contributed by atoms with Crippen LogP contribution < -0.4 is 33.7 Å². The van der Waals surface area contributed by atoms with Gasteiger partial charge in [0, 0.05) is 72.0 Å². The van der Waals surface area contributed by atoms with Gasteiger partial charge in [0.2, 0.25) is 29.8 Å². The quantitative estimate of drug-likeness (QED) is 0.233. The molecule has 1 aliphatic carbocycles. The number of methoxy groups -OCH3 is 3. The van der Waals surface area contributed by atoms with E-state index < -0.39 is 34.8 Å². The Morgan fingerprint density at radius 2 is 1.79 bits per heavy atom. The molecule has 1 amide bonds. The van der Waals surface area contributed by atoms with Crippen molar-refractivity contribution in [2.75, 3.05) is 48.0 Å². The van der Waals surface area contributed by atoms with Crippen molar-refractivity contribution < 1.29 is 47.9 Å². The molecule has 0 radical (unpaired) electrons. The number of thioether (sulfide) groups is 1. The molecular weight excluding hydrogens is 724 g/mol. The molecular formula is C39H41ClN2O10S. The molecule has 7 rings (SSSR count). The molecule has 53 heavy (non-hydrogen) atoms. The summed E-state index contributed by atoms with van der Waals surface area (Å²) in [6.45, 7) is 3.29. The Morgan fingerprint density at radius 3 is 2.47 bits per heavy atom. The van der Waals surface area contributed by atoms with Crippen molar-refractivity contribution in [2.24, 2.45) is 5.92 Å². The summed E-state index contributed by atoms with van der Waals surface area (Å²) in [7, 11) is 6.46. The smallest absolute Gasteiger partial charge is 0.231 e. The van der Waals surface area contributed by atoms with Crippen LogP contribution in [0.2, 0.25) is 5.02 Å². The van der Waals surface area contributed by atoms with E-state index in [2.05, 4.69) is 10.2 Å². The molecule has 0 saturated heterocycles. The fourth-order valence-corrected chi connectivity index (χ4v) is 8.67. The number of carbonyl (C=O) groups excluding carboxylic acids is 3. The highest BCUT2D eigenvalue weighted by Gasteiger charge is 2.61. The highest BCUT2D eigenvalue weighted by molar-refractivity contribution is 7.98. The van der Waals surface area contributed by atoms with Crippen molar-refractivity contribution in [3.05, 3.63) is 74.5 Å². The minimum atomic E-state index is -1.99. The molecule has 14 heteroatoms. The summed E-state index contributed by atoms with van der Waals surface area (Å²) < 4.78 is 34.8. The lowest BCUT2D eigenvalue weighted by Gasteiger charge is -2.38. The number of carbonyl (C=O) groups is 3. The predicted octanol–water partition coefficient (Wildman–Crippen LogP) is 6.03. The molecule has 1 spiro atoms. The maximum absolute atomic E-state index is 14.5. The van der Waals surface area contributed by atoms with Gasteiger partial charge in [-0.05, 0) is 43.0 Å². The largest absolute Gasteiger partial charge is 0.507 e. The first-order chi connectivity index (χ1) is 25.5. The van der Waals surface area contributed by atoms with E-state index in [1.165, 1.54) is 20.3 Å². The molecule has 3 heterocycles. The second-order valence-corrected chi connectivity index (χ2v) is 14.8. The average molecular weight is 765 g/mol. The molecule has 12 nitrogen and oxygen atoms in total. The number of nitrogens with zero attached hydrogens (tertiary/aromatic N) is 1. The Morgan fingerprint density at radius 1 is 1.08 bits per heavy atom. The van der Waals surface area contributed by atoms with E-state index in [1.807, 2.05) is 37.6 Å². The number of allylic oxidation sites excluding steroid dienone is 1. The van der Waals surface area contributed by atoms with Crippen LogP contribution in [0.15, 0.2) is 46.6 Å². The van der Waals surface area contributed by atoms with E-state index in [0.29, 0.717) is 29.4 Å². The maximum atomic E-state index is 14.5. The first-order valence-electron chi connectivity index (χ1n) is 17.2. The van der Waals surface area contributed by atoms with Crippen molar-refractivity contribution in [1.29, 1.82) is 0 Å². The number of hydrogen-bond donors (Lipinski definition) is 2. The summed E-state index contributed by atoms with van der Waals surface area (Å²) in [5.74, 6) is -1.62. The molecule has 2 N–H and O–H groups in total. The molecule has 3 atom stereocenters. The van der Waals surface area contributed by atoms with Gasteiger partial charge in [-0.3, -0.25) is 14.4 Å². The van der Waals surface area contributed by atoms with Gasteiger partial charge in [-0.1, -0.05) is 30.7 Å². The monoisotopic (exact) mass is 764 g/mol. The lowest BCUT2D eigenvalue weighted by molar-refractivity contribution is -0.122. The SMILES string of the molecule is COc1cc(OC)c2c(c1Cl)OC1(C2=O)C(O)=C(C(CC(=O)NCc2c3c(c(OC)c4c2OCO4)CN(C)CC3)c2ccc(SC)cc2)C(=O)CC1C. The van der Waals surface area contributed by atoms with Crippen LogP contribution in [0.3, 0.4) is 0 Å². The predicted molar refractivity (Wildman–Crippen MR) is 197 cm³/mol. The first-order valence-corrected chi connectivity index (χ1v) is 18.8. The Labute approximate surface area is 316 Å². The number of ether oxygens (including phenoxy) is 6. The zero-order valence-corrected chi connectivity index (χ0v) is 31.9. The lowest BCUT2D eigenvalue weighted by atomic mass is 9.69. The Balaban J connectivity index is 1.27. The van der Waals surface area contributed by atoms with E-state index in [1.54, 1.807) is 25.8 Å². The third-order valence-electron chi connectivity index (χ3n) is 10.7. The number of fused-ring (bicyclic) bond motifs is 3. The molecule has 3 unspecified atom stereocenters. The number of halogens is 1. The number of amides is 1. The summed E-state index contributed by atoms with van der Waals surface area (Å²) in [6, 6.07) is 8.91. The number of nitrogens with one attached hydrogen (secondary N) is 1. The number of ketones is 2. The van der Waals surface area contributed by atoms with Crippen molar-refractivity contribution in [1.82, 2.24) is 10.2 Å². The van der Waals surface area contributed by atoms with Gasteiger partial charge in [-0.2, -0.15) is 0 Å². The van der Waals surface area contributed by atoms with Crippen molar-refractivity contribution in [2.45, 2.75) is 55.7 Å². The number of aliphatic hydroxyl groups is 1. The number of benzene rings is 3. The molecule has 0 bridgehead atoms. The molecule has 280 valence electrons. The van der Waals surface area contributed by atoms with Gasteiger partial charge in [-0.25, -0.2) is 0 Å². The minimum Gasteiger partial charge on any atom is -0.507 e. The second-order valence-electron chi connectivity index (χ2n) is 13.6. The average Bonchev–Trinajstić information content (AvgIpc) is 3.76. The molecule has 0 aromatic heterocycles. The Bertz CT molecular complexity index is 2050. The second kappa shape index (κ2) is 14.3. The van der Waals surface area contributed by atoms with Gasteiger partial charge in [-0.15, -0.1) is 11.8 Å². The fraction of sp³-hybridized carbons (Fsp3) is 0.410. The van der Waals surface area contributed by atoms with E-state index in [4.69, 9.17) is 40.0 Å². The van der Waals surface area contributed by atoms with Crippen LogP contribution in [0.5, 0.6) is 34.5 Å². The molecule has 0 fully saturated rings. The van der Waals surface area contributed by atoms with Crippen molar-refractivity contribution >= 4 is 40.8 Å². The standard InChI is InChI=1S/C39H41ClN2O10S/c1-19-13-26(43)30(37(45)39(19)38(46)31-27(47-3)15-28(48-4)32(40)35(31)52-39)23(20-7-9-21(53-6)10-8-20)14-29(44)41-16-24-22-11-12-42(2)17-25(22)33(49-5)36-34(24)50-18-51-36/h7-10,15,19,23,45H,11-14,16-18H2,1-6H3,(H,41,44). The van der Waals surface area contributed by atoms with Gasteiger partial charge >= 0.3 is 0 Å². The van der Waals surface area contributed by atoms with Crippen LogP contribution in [0.4, 0.5) is 0 Å². The van der Waals surface area contributed by atoms with Gasteiger partial charge in [0.1, 0.15) is 22.1 Å². The number of rotatable bonds is 10. The summed E-state index contributed by atoms with van der Waals surface area (Å²) in [5.41, 5.74) is 1.42. The van der Waals surface area contributed by atoms with E-state index in [0.717, 1.165) is 34.6 Å². The normalized spacial score (nSPS) is 20.9. The zero-order valence-electron chi connectivity index (χ0n) is 30.3. The van der Waals surface area contributed by atoms with Crippen molar-refractivity contribution in [3.8, 4) is 34.5 Å². The Kier molecular flexibility index (Phi) is 9.94. The number of likely N-dealkylation sites (N-methyl/N-ethyl adjacent to an activating group) is 1. The van der Waals surface area contributed by atoms with Crippen LogP contribution in [0.1, 0.15) is 58.3 Å². The summed E-state index contributed by atoms with van der Waals surface area (Å²) in [5, 5.41) is 15.3. The van der Waals surface area contributed by atoms with Gasteiger partial charge in [0.05, 0.1) is 21.3 Å². The highest BCUT2D eigenvalue weighted by Crippen LogP contribution is 2.56. The van der Waals surface area contributed by atoms with Crippen LogP contribution in [-0.2, 0) is 29.1 Å². The third-order valence-corrected chi connectivity index (χ3v) is 11.8. The molecule has 3 aromatic carbocycles. The summed E-state index contributed by atoms with van der Waals surface area (Å²) in [6.07, 6.45) is 2.32.